The van der Waals surface area contributed by atoms with Crippen LogP contribution in [0.5, 0.6) is 0 Å². The van der Waals surface area contributed by atoms with Crippen LogP contribution in [-0.2, 0) is 16.0 Å². The SMILES string of the molecule is CC(=O)N(CC(=O)N1c2ccccc2CC1C)c1c(C)cccc1C. The molecule has 2 aromatic carbocycles. The summed E-state index contributed by atoms with van der Waals surface area (Å²) in [6, 6.07) is 14.0. The van der Waals surface area contributed by atoms with Crippen LogP contribution in [0.15, 0.2) is 42.5 Å². The third kappa shape index (κ3) is 3.16. The van der Waals surface area contributed by atoms with Crippen LogP contribution in [0.25, 0.3) is 0 Å². The van der Waals surface area contributed by atoms with Crippen molar-refractivity contribution in [2.45, 2.75) is 40.2 Å². The van der Waals surface area contributed by atoms with Crippen LogP contribution < -0.4 is 9.80 Å². The normalized spacial score (nSPS) is 15.8. The highest BCUT2D eigenvalue weighted by molar-refractivity contribution is 6.04. The highest BCUT2D eigenvalue weighted by atomic mass is 16.2. The number of nitrogens with zero attached hydrogens (tertiary/aromatic N) is 2. The Bertz CT molecular complexity index is 808. The molecule has 1 aliphatic rings. The van der Waals surface area contributed by atoms with Gasteiger partial charge in [-0.15, -0.1) is 0 Å². The average molecular weight is 336 g/mol. The van der Waals surface area contributed by atoms with Crippen LogP contribution in [-0.4, -0.2) is 24.4 Å². The van der Waals surface area contributed by atoms with Gasteiger partial charge in [0.25, 0.3) is 0 Å². The Morgan fingerprint density at radius 2 is 1.72 bits per heavy atom. The number of aryl methyl sites for hydroxylation is 2. The van der Waals surface area contributed by atoms with Gasteiger partial charge in [0, 0.05) is 18.7 Å². The van der Waals surface area contributed by atoms with Crippen molar-refractivity contribution in [3.05, 3.63) is 59.2 Å². The summed E-state index contributed by atoms with van der Waals surface area (Å²) < 4.78 is 0. The van der Waals surface area contributed by atoms with E-state index in [0.717, 1.165) is 28.9 Å². The predicted molar refractivity (Wildman–Crippen MR) is 101 cm³/mol. The van der Waals surface area contributed by atoms with Gasteiger partial charge in [0.15, 0.2) is 0 Å². The van der Waals surface area contributed by atoms with E-state index in [1.54, 1.807) is 4.90 Å². The molecule has 0 bridgehead atoms. The van der Waals surface area contributed by atoms with Gasteiger partial charge >= 0.3 is 0 Å². The summed E-state index contributed by atoms with van der Waals surface area (Å²) in [5, 5.41) is 0. The Hall–Kier alpha value is -2.62. The molecular weight excluding hydrogens is 312 g/mol. The zero-order valence-electron chi connectivity index (χ0n) is 15.2. The molecule has 0 radical (unpaired) electrons. The smallest absolute Gasteiger partial charge is 0.247 e. The molecule has 3 rings (SSSR count). The van der Waals surface area contributed by atoms with Crippen LogP contribution in [0.4, 0.5) is 11.4 Å². The van der Waals surface area contributed by atoms with Crippen molar-refractivity contribution in [3.8, 4) is 0 Å². The molecule has 2 aromatic rings. The van der Waals surface area contributed by atoms with Gasteiger partial charge in [0.1, 0.15) is 6.54 Å². The molecule has 130 valence electrons. The van der Waals surface area contributed by atoms with Crippen LogP contribution in [0.1, 0.15) is 30.5 Å². The van der Waals surface area contributed by atoms with Crippen molar-refractivity contribution in [1.82, 2.24) is 0 Å². The highest BCUT2D eigenvalue weighted by Crippen LogP contribution is 2.32. The predicted octanol–water partition coefficient (Wildman–Crippen LogP) is 3.63. The van der Waals surface area contributed by atoms with E-state index in [-0.39, 0.29) is 24.4 Å². The number of fused-ring (bicyclic) bond motifs is 1. The van der Waals surface area contributed by atoms with Gasteiger partial charge < -0.3 is 9.80 Å². The van der Waals surface area contributed by atoms with Crippen molar-refractivity contribution >= 4 is 23.2 Å². The maximum absolute atomic E-state index is 13.1. The Kier molecular flexibility index (Phi) is 4.62. The second kappa shape index (κ2) is 6.71. The van der Waals surface area contributed by atoms with E-state index in [9.17, 15) is 9.59 Å². The molecule has 0 aliphatic carbocycles. The van der Waals surface area contributed by atoms with Gasteiger partial charge in [-0.3, -0.25) is 9.59 Å². The molecule has 2 amide bonds. The van der Waals surface area contributed by atoms with Gasteiger partial charge in [-0.05, 0) is 49.9 Å². The highest BCUT2D eigenvalue weighted by Gasteiger charge is 2.32. The Labute approximate surface area is 149 Å². The molecule has 1 aliphatic heterocycles. The number of rotatable bonds is 3. The standard InChI is InChI=1S/C21H24N2O2/c1-14-8-7-9-15(2)21(14)22(17(4)24)13-20(25)23-16(3)12-18-10-5-6-11-19(18)23/h5-11,16H,12-13H2,1-4H3. The molecule has 0 N–H and O–H groups in total. The maximum atomic E-state index is 13.1. The molecule has 0 saturated heterocycles. The third-order valence-electron chi connectivity index (χ3n) is 4.86. The number of carbonyl (C=O) groups excluding carboxylic acids is 2. The lowest BCUT2D eigenvalue weighted by Crippen LogP contribution is -2.45. The summed E-state index contributed by atoms with van der Waals surface area (Å²) in [4.78, 5) is 28.8. The van der Waals surface area contributed by atoms with Gasteiger partial charge in [-0.2, -0.15) is 0 Å². The van der Waals surface area contributed by atoms with Gasteiger partial charge in [0.05, 0.1) is 5.69 Å². The van der Waals surface area contributed by atoms with Crippen molar-refractivity contribution in [2.24, 2.45) is 0 Å². The molecule has 1 atom stereocenters. The summed E-state index contributed by atoms with van der Waals surface area (Å²) >= 11 is 0. The van der Waals surface area contributed by atoms with Crippen LogP contribution in [0.2, 0.25) is 0 Å². The number of hydrogen-bond acceptors (Lipinski definition) is 2. The molecule has 0 fully saturated rings. The third-order valence-corrected chi connectivity index (χ3v) is 4.86. The molecule has 4 heteroatoms. The number of hydrogen-bond donors (Lipinski definition) is 0. The fourth-order valence-corrected chi connectivity index (χ4v) is 3.74. The van der Waals surface area contributed by atoms with Crippen molar-refractivity contribution < 1.29 is 9.59 Å². The summed E-state index contributed by atoms with van der Waals surface area (Å²) in [5.41, 5.74) is 4.98. The lowest BCUT2D eigenvalue weighted by atomic mass is 10.1. The van der Waals surface area contributed by atoms with Gasteiger partial charge in [-0.25, -0.2) is 0 Å². The number of carbonyl (C=O) groups is 2. The van der Waals surface area contributed by atoms with E-state index in [0.29, 0.717) is 0 Å². The molecule has 1 unspecified atom stereocenters. The van der Waals surface area contributed by atoms with Crippen molar-refractivity contribution in [3.63, 3.8) is 0 Å². The first-order valence-electron chi connectivity index (χ1n) is 8.64. The molecular formula is C21H24N2O2. The molecule has 1 heterocycles. The second-order valence-electron chi connectivity index (χ2n) is 6.79. The van der Waals surface area contributed by atoms with Crippen LogP contribution >= 0.6 is 0 Å². The topological polar surface area (TPSA) is 40.6 Å². The monoisotopic (exact) mass is 336 g/mol. The number of anilines is 2. The van der Waals surface area contributed by atoms with Gasteiger partial charge in [0.2, 0.25) is 11.8 Å². The first-order valence-corrected chi connectivity index (χ1v) is 8.64. The van der Waals surface area contributed by atoms with Crippen molar-refractivity contribution in [1.29, 1.82) is 0 Å². The first-order chi connectivity index (χ1) is 11.9. The summed E-state index contributed by atoms with van der Waals surface area (Å²) in [6.45, 7) is 7.56. The zero-order chi connectivity index (χ0) is 18.1. The minimum atomic E-state index is -0.120. The van der Waals surface area contributed by atoms with E-state index >= 15 is 0 Å². The minimum absolute atomic E-state index is 0.0460. The molecule has 4 nitrogen and oxygen atoms in total. The Balaban J connectivity index is 1.91. The van der Waals surface area contributed by atoms with E-state index < -0.39 is 0 Å². The van der Waals surface area contributed by atoms with Crippen molar-refractivity contribution in [2.75, 3.05) is 16.3 Å². The number of amides is 2. The largest absolute Gasteiger partial charge is 0.307 e. The van der Waals surface area contributed by atoms with E-state index in [2.05, 4.69) is 13.0 Å². The van der Waals surface area contributed by atoms with E-state index in [4.69, 9.17) is 0 Å². The average Bonchev–Trinajstić information content (AvgIpc) is 2.89. The zero-order valence-corrected chi connectivity index (χ0v) is 15.2. The summed E-state index contributed by atoms with van der Waals surface area (Å²) in [7, 11) is 0. The minimum Gasteiger partial charge on any atom is -0.307 e. The second-order valence-corrected chi connectivity index (χ2v) is 6.79. The lowest BCUT2D eigenvalue weighted by Gasteiger charge is -2.29. The molecule has 0 aromatic heterocycles. The molecule has 0 saturated carbocycles. The summed E-state index contributed by atoms with van der Waals surface area (Å²) in [6.07, 6.45) is 0.853. The fourth-order valence-electron chi connectivity index (χ4n) is 3.74. The quantitative estimate of drug-likeness (QED) is 0.859. The van der Waals surface area contributed by atoms with Crippen LogP contribution in [0.3, 0.4) is 0 Å². The lowest BCUT2D eigenvalue weighted by molar-refractivity contribution is -0.121. The van der Waals surface area contributed by atoms with Crippen LogP contribution in [0, 0.1) is 13.8 Å². The summed E-state index contributed by atoms with van der Waals surface area (Å²) in [5.74, 6) is -0.166. The maximum Gasteiger partial charge on any atom is 0.247 e. The van der Waals surface area contributed by atoms with E-state index in [1.165, 1.54) is 12.5 Å². The van der Waals surface area contributed by atoms with Gasteiger partial charge in [-0.1, -0.05) is 36.4 Å². The fraction of sp³-hybridized carbons (Fsp3) is 0.333. The number of benzene rings is 2. The Morgan fingerprint density at radius 3 is 2.36 bits per heavy atom. The molecule has 0 spiro atoms. The first kappa shape index (κ1) is 17.2. The Morgan fingerprint density at radius 1 is 1.08 bits per heavy atom. The number of para-hydroxylation sites is 2. The van der Waals surface area contributed by atoms with E-state index in [1.807, 2.05) is 55.1 Å². The molecule has 25 heavy (non-hydrogen) atoms.